The van der Waals surface area contributed by atoms with Crippen molar-refractivity contribution < 1.29 is 14.7 Å². The molecule has 5 nitrogen and oxygen atoms in total. The Morgan fingerprint density at radius 1 is 1.44 bits per heavy atom. The molecule has 0 unspecified atom stereocenters. The van der Waals surface area contributed by atoms with Crippen LogP contribution in [0.1, 0.15) is 23.2 Å². The predicted octanol–water partition coefficient (Wildman–Crippen LogP) is 0.853. The third kappa shape index (κ3) is 2.13. The van der Waals surface area contributed by atoms with Gasteiger partial charge in [0.15, 0.2) is 5.75 Å². The van der Waals surface area contributed by atoms with E-state index in [1.165, 1.54) is 12.1 Å². The molecule has 1 fully saturated rings. The first kappa shape index (κ1) is 10.5. The van der Waals surface area contributed by atoms with E-state index < -0.39 is 0 Å². The molecule has 0 aliphatic heterocycles. The van der Waals surface area contributed by atoms with E-state index in [9.17, 15) is 14.7 Å². The number of amides is 2. The molecule has 2 rings (SSSR count). The van der Waals surface area contributed by atoms with E-state index in [-0.39, 0.29) is 28.9 Å². The molecule has 0 atom stereocenters. The van der Waals surface area contributed by atoms with Crippen LogP contribution in [0.4, 0.5) is 5.69 Å². The molecule has 0 spiro atoms. The number of phenols is 1. The molecule has 84 valence electrons. The minimum Gasteiger partial charge on any atom is -0.505 e. The number of hydrogen-bond donors (Lipinski definition) is 3. The number of para-hydroxylation sites is 1. The van der Waals surface area contributed by atoms with Crippen molar-refractivity contribution in [2.45, 2.75) is 18.9 Å². The highest BCUT2D eigenvalue weighted by Gasteiger charge is 2.25. The highest BCUT2D eigenvalue weighted by molar-refractivity contribution is 5.99. The summed E-state index contributed by atoms with van der Waals surface area (Å²) in [7, 11) is 0. The van der Waals surface area contributed by atoms with Crippen molar-refractivity contribution in [1.82, 2.24) is 5.32 Å². The monoisotopic (exact) mass is 220 g/mol. The lowest BCUT2D eigenvalue weighted by Gasteiger charge is -2.08. The van der Waals surface area contributed by atoms with Gasteiger partial charge < -0.3 is 15.7 Å². The second-order valence-electron chi connectivity index (χ2n) is 3.71. The minimum absolute atomic E-state index is 0.179. The topological polar surface area (TPSA) is 78.4 Å². The minimum atomic E-state index is -0.311. The van der Waals surface area contributed by atoms with Gasteiger partial charge in [0.05, 0.1) is 11.3 Å². The number of hydrogen-bond acceptors (Lipinski definition) is 3. The standard InChI is InChI=1S/C11H12N2O3/c14-6-12-9-3-1-2-8(10(9)15)11(16)13-7-4-5-7/h1-3,6-7,15H,4-5H2,(H,12,14)(H,13,16). The van der Waals surface area contributed by atoms with Crippen molar-refractivity contribution in [2.24, 2.45) is 0 Å². The van der Waals surface area contributed by atoms with Crippen LogP contribution in [0, 0.1) is 0 Å². The molecular weight excluding hydrogens is 208 g/mol. The maximum Gasteiger partial charge on any atom is 0.255 e. The molecule has 16 heavy (non-hydrogen) atoms. The van der Waals surface area contributed by atoms with Crippen molar-refractivity contribution in [3.8, 4) is 5.75 Å². The lowest BCUT2D eigenvalue weighted by molar-refractivity contribution is -0.105. The van der Waals surface area contributed by atoms with Gasteiger partial charge in [0.1, 0.15) is 0 Å². The molecule has 0 radical (unpaired) electrons. The Hall–Kier alpha value is -2.04. The van der Waals surface area contributed by atoms with E-state index in [2.05, 4.69) is 10.6 Å². The average Bonchev–Trinajstić information content (AvgIpc) is 3.05. The van der Waals surface area contributed by atoms with Gasteiger partial charge in [-0.15, -0.1) is 0 Å². The fourth-order valence-electron chi connectivity index (χ4n) is 1.40. The maximum atomic E-state index is 11.7. The molecule has 1 aliphatic rings. The van der Waals surface area contributed by atoms with Crippen LogP contribution < -0.4 is 10.6 Å². The Bertz CT molecular complexity index is 427. The molecule has 0 bridgehead atoms. The number of rotatable bonds is 4. The zero-order chi connectivity index (χ0) is 11.5. The highest BCUT2D eigenvalue weighted by atomic mass is 16.3. The summed E-state index contributed by atoms with van der Waals surface area (Å²) >= 11 is 0. The maximum absolute atomic E-state index is 11.7. The molecule has 1 aromatic carbocycles. The van der Waals surface area contributed by atoms with Crippen molar-refractivity contribution in [3.05, 3.63) is 23.8 Å². The van der Waals surface area contributed by atoms with E-state index >= 15 is 0 Å². The molecule has 0 saturated heterocycles. The smallest absolute Gasteiger partial charge is 0.255 e. The van der Waals surface area contributed by atoms with Gasteiger partial charge in [-0.25, -0.2) is 0 Å². The summed E-state index contributed by atoms with van der Waals surface area (Å²) in [6, 6.07) is 4.88. The van der Waals surface area contributed by atoms with Gasteiger partial charge in [-0.05, 0) is 25.0 Å². The number of benzene rings is 1. The fraction of sp³-hybridized carbons (Fsp3) is 0.273. The van der Waals surface area contributed by atoms with Crippen LogP contribution in [-0.2, 0) is 4.79 Å². The van der Waals surface area contributed by atoms with Crippen molar-refractivity contribution in [1.29, 1.82) is 0 Å². The van der Waals surface area contributed by atoms with Gasteiger partial charge in [0.2, 0.25) is 6.41 Å². The van der Waals surface area contributed by atoms with Crippen LogP contribution in [0.5, 0.6) is 5.75 Å². The van der Waals surface area contributed by atoms with E-state index in [1.807, 2.05) is 0 Å². The van der Waals surface area contributed by atoms with E-state index in [0.29, 0.717) is 6.41 Å². The molecule has 2 amide bonds. The van der Waals surface area contributed by atoms with E-state index in [0.717, 1.165) is 12.8 Å². The first-order chi connectivity index (χ1) is 7.72. The van der Waals surface area contributed by atoms with Gasteiger partial charge in [0, 0.05) is 6.04 Å². The van der Waals surface area contributed by atoms with Crippen molar-refractivity contribution >= 4 is 18.0 Å². The molecule has 1 aliphatic carbocycles. The Morgan fingerprint density at radius 2 is 2.19 bits per heavy atom. The molecule has 5 heteroatoms. The van der Waals surface area contributed by atoms with Gasteiger partial charge in [-0.3, -0.25) is 9.59 Å². The molecule has 1 saturated carbocycles. The zero-order valence-electron chi connectivity index (χ0n) is 8.56. The second kappa shape index (κ2) is 4.22. The first-order valence-electron chi connectivity index (χ1n) is 5.05. The SMILES string of the molecule is O=CNc1cccc(C(=O)NC2CC2)c1O. The molecular formula is C11H12N2O3. The normalized spacial score (nSPS) is 14.2. The van der Waals surface area contributed by atoms with Crippen LogP contribution in [0.25, 0.3) is 0 Å². The molecule has 1 aromatic rings. The summed E-state index contributed by atoms with van der Waals surface area (Å²) in [5, 5.41) is 14.8. The van der Waals surface area contributed by atoms with Gasteiger partial charge in [-0.2, -0.15) is 0 Å². The number of phenolic OH excluding ortho intramolecular Hbond substituents is 1. The number of carbonyl (C=O) groups excluding carboxylic acids is 2. The third-order valence-electron chi connectivity index (χ3n) is 2.41. The summed E-state index contributed by atoms with van der Waals surface area (Å²) in [6.07, 6.45) is 2.43. The van der Waals surface area contributed by atoms with E-state index in [1.54, 1.807) is 6.07 Å². The summed E-state index contributed by atoms with van der Waals surface area (Å²) in [4.78, 5) is 22.0. The molecule has 0 heterocycles. The summed E-state index contributed by atoms with van der Waals surface area (Å²) in [6.45, 7) is 0. The average molecular weight is 220 g/mol. The Morgan fingerprint density at radius 3 is 2.81 bits per heavy atom. The first-order valence-corrected chi connectivity index (χ1v) is 5.05. The Kier molecular flexibility index (Phi) is 2.76. The van der Waals surface area contributed by atoms with Crippen LogP contribution in [0.3, 0.4) is 0 Å². The van der Waals surface area contributed by atoms with Crippen molar-refractivity contribution in [2.75, 3.05) is 5.32 Å². The summed E-state index contributed by atoms with van der Waals surface area (Å²) < 4.78 is 0. The van der Waals surface area contributed by atoms with Gasteiger partial charge in [0.25, 0.3) is 5.91 Å². The number of carbonyl (C=O) groups is 2. The van der Waals surface area contributed by atoms with Gasteiger partial charge >= 0.3 is 0 Å². The van der Waals surface area contributed by atoms with Crippen LogP contribution in [-0.4, -0.2) is 23.5 Å². The molecule has 3 N–H and O–H groups in total. The number of anilines is 1. The van der Waals surface area contributed by atoms with Gasteiger partial charge in [-0.1, -0.05) is 6.07 Å². The summed E-state index contributed by atoms with van der Waals surface area (Å²) in [5.74, 6) is -0.512. The second-order valence-corrected chi connectivity index (χ2v) is 3.71. The molecule has 0 aromatic heterocycles. The number of aromatic hydroxyl groups is 1. The van der Waals surface area contributed by atoms with Crippen LogP contribution in [0.15, 0.2) is 18.2 Å². The zero-order valence-corrected chi connectivity index (χ0v) is 8.56. The lowest BCUT2D eigenvalue weighted by Crippen LogP contribution is -2.25. The largest absolute Gasteiger partial charge is 0.505 e. The van der Waals surface area contributed by atoms with E-state index in [4.69, 9.17) is 0 Å². The van der Waals surface area contributed by atoms with Crippen LogP contribution >= 0.6 is 0 Å². The van der Waals surface area contributed by atoms with Crippen LogP contribution in [0.2, 0.25) is 0 Å². The Labute approximate surface area is 92.5 Å². The third-order valence-corrected chi connectivity index (χ3v) is 2.41. The summed E-state index contributed by atoms with van der Waals surface area (Å²) in [5.41, 5.74) is 0.414. The van der Waals surface area contributed by atoms with Crippen molar-refractivity contribution in [3.63, 3.8) is 0 Å². The highest BCUT2D eigenvalue weighted by Crippen LogP contribution is 2.28. The lowest BCUT2D eigenvalue weighted by atomic mass is 10.1. The fourth-order valence-corrected chi connectivity index (χ4v) is 1.40. The predicted molar refractivity (Wildman–Crippen MR) is 58.3 cm³/mol. The number of nitrogens with one attached hydrogen (secondary N) is 2. The quantitative estimate of drug-likeness (QED) is 0.520. The Balaban J connectivity index is 2.21.